The molecule has 2 N–H and O–H groups in total. The topological polar surface area (TPSA) is 26.0 Å². The predicted octanol–water partition coefficient (Wildman–Crippen LogP) is 4.83. The molecule has 0 heterocycles. The van der Waals surface area contributed by atoms with Crippen molar-refractivity contribution < 1.29 is 13.2 Å². The summed E-state index contributed by atoms with van der Waals surface area (Å²) < 4.78 is 38.8. The van der Waals surface area contributed by atoms with Crippen LogP contribution in [0.1, 0.15) is 30.9 Å². The van der Waals surface area contributed by atoms with Gasteiger partial charge < -0.3 is 5.73 Å². The van der Waals surface area contributed by atoms with Crippen LogP contribution in [-0.2, 0) is 6.18 Å². The Kier molecular flexibility index (Phi) is 3.80. The molecule has 0 aromatic heterocycles. The summed E-state index contributed by atoms with van der Waals surface area (Å²) in [5.74, 6) is -0.327. The van der Waals surface area contributed by atoms with Crippen molar-refractivity contribution in [3.8, 4) is 0 Å². The summed E-state index contributed by atoms with van der Waals surface area (Å²) in [4.78, 5) is 0. The summed E-state index contributed by atoms with van der Waals surface area (Å²) in [6, 6.07) is 1.11. The van der Waals surface area contributed by atoms with Crippen LogP contribution in [0.25, 0.3) is 0 Å². The monoisotopic (exact) mass is 315 g/mol. The Morgan fingerprint density at radius 3 is 2.25 bits per heavy atom. The fraction of sp³-hybridized carbons (Fsp3) is 0.400. The van der Waals surface area contributed by atoms with E-state index in [1.165, 1.54) is 0 Å². The van der Waals surface area contributed by atoms with Crippen molar-refractivity contribution in [1.82, 2.24) is 0 Å². The number of anilines is 1. The highest BCUT2D eigenvalue weighted by Crippen LogP contribution is 2.45. The van der Waals surface area contributed by atoms with Crippen LogP contribution in [0, 0.1) is 0 Å². The average molecular weight is 317 g/mol. The molecule has 0 aliphatic rings. The number of rotatable bonds is 1. The lowest BCUT2D eigenvalue weighted by Crippen LogP contribution is -2.13. The molecule has 6 heteroatoms. The Bertz CT molecular complexity index is 416. The summed E-state index contributed by atoms with van der Waals surface area (Å²) in [5.41, 5.74) is 5.06. The maximum Gasteiger partial charge on any atom is 0.418 e. The van der Waals surface area contributed by atoms with Crippen LogP contribution >= 0.6 is 27.5 Å². The van der Waals surface area contributed by atoms with Crippen molar-refractivity contribution in [3.05, 3.63) is 26.7 Å². The molecule has 16 heavy (non-hydrogen) atoms. The molecule has 0 aliphatic heterocycles. The Hall–Kier alpha value is -0.420. The van der Waals surface area contributed by atoms with Crippen molar-refractivity contribution in [2.75, 3.05) is 5.73 Å². The number of alkyl halides is 3. The first-order valence-electron chi connectivity index (χ1n) is 4.50. The minimum Gasteiger partial charge on any atom is -0.398 e. The van der Waals surface area contributed by atoms with Gasteiger partial charge >= 0.3 is 6.18 Å². The minimum absolute atomic E-state index is 0.0949. The lowest BCUT2D eigenvalue weighted by molar-refractivity contribution is -0.138. The van der Waals surface area contributed by atoms with E-state index >= 15 is 0 Å². The van der Waals surface area contributed by atoms with Crippen LogP contribution in [0.2, 0.25) is 5.02 Å². The Labute approximate surface area is 105 Å². The van der Waals surface area contributed by atoms with E-state index in [0.29, 0.717) is 0 Å². The van der Waals surface area contributed by atoms with E-state index in [2.05, 4.69) is 15.9 Å². The highest BCUT2D eigenvalue weighted by molar-refractivity contribution is 9.10. The SMILES string of the molecule is CC(C)c1c(Br)c(N)cc(Cl)c1C(F)(F)F. The molecule has 0 unspecified atom stereocenters. The summed E-state index contributed by atoms with van der Waals surface area (Å²) >= 11 is 8.69. The van der Waals surface area contributed by atoms with E-state index in [1.54, 1.807) is 13.8 Å². The van der Waals surface area contributed by atoms with Gasteiger partial charge in [-0.05, 0) is 33.5 Å². The Balaban J connectivity index is 3.65. The van der Waals surface area contributed by atoms with Gasteiger partial charge in [-0.1, -0.05) is 25.4 Å². The van der Waals surface area contributed by atoms with Gasteiger partial charge in [-0.3, -0.25) is 0 Å². The highest BCUT2D eigenvalue weighted by atomic mass is 79.9. The molecule has 0 atom stereocenters. The van der Waals surface area contributed by atoms with Crippen LogP contribution in [0.15, 0.2) is 10.5 Å². The number of benzene rings is 1. The maximum absolute atomic E-state index is 12.8. The quantitative estimate of drug-likeness (QED) is 0.738. The van der Waals surface area contributed by atoms with Gasteiger partial charge in [0.25, 0.3) is 0 Å². The lowest BCUT2D eigenvalue weighted by atomic mass is 9.96. The van der Waals surface area contributed by atoms with Crippen LogP contribution in [0.5, 0.6) is 0 Å². The van der Waals surface area contributed by atoms with Crippen molar-refractivity contribution in [3.63, 3.8) is 0 Å². The number of nitrogens with two attached hydrogens (primary N) is 1. The standard InChI is InChI=1S/C10H10BrClF3N/c1-4(2)7-8(10(13,14)15)5(12)3-6(16)9(7)11/h3-4H,16H2,1-2H3. The zero-order chi connectivity index (χ0) is 12.7. The third-order valence-corrected chi connectivity index (χ3v) is 3.32. The van der Waals surface area contributed by atoms with Gasteiger partial charge in [-0.15, -0.1) is 0 Å². The van der Waals surface area contributed by atoms with Crippen molar-refractivity contribution >= 4 is 33.2 Å². The highest BCUT2D eigenvalue weighted by Gasteiger charge is 2.38. The molecule has 0 bridgehead atoms. The summed E-state index contributed by atoms with van der Waals surface area (Å²) in [7, 11) is 0. The molecule has 0 amide bonds. The largest absolute Gasteiger partial charge is 0.418 e. The first-order valence-corrected chi connectivity index (χ1v) is 5.68. The van der Waals surface area contributed by atoms with Gasteiger partial charge in [0.15, 0.2) is 0 Å². The molecular weight excluding hydrogens is 306 g/mol. The molecule has 0 saturated carbocycles. The number of hydrogen-bond acceptors (Lipinski definition) is 1. The van der Waals surface area contributed by atoms with Gasteiger partial charge in [-0.2, -0.15) is 13.2 Å². The van der Waals surface area contributed by atoms with Crippen molar-refractivity contribution in [2.45, 2.75) is 25.9 Å². The van der Waals surface area contributed by atoms with Gasteiger partial charge in [0.1, 0.15) is 0 Å². The molecule has 0 saturated heterocycles. The zero-order valence-corrected chi connectivity index (χ0v) is 11.0. The summed E-state index contributed by atoms with van der Waals surface area (Å²) in [5, 5.41) is -0.364. The molecule has 1 rings (SSSR count). The van der Waals surface area contributed by atoms with Crippen LogP contribution in [-0.4, -0.2) is 0 Å². The number of hydrogen-bond donors (Lipinski definition) is 1. The first-order chi connectivity index (χ1) is 7.16. The van der Waals surface area contributed by atoms with E-state index in [4.69, 9.17) is 17.3 Å². The Morgan fingerprint density at radius 2 is 1.88 bits per heavy atom. The van der Waals surface area contributed by atoms with Crippen LogP contribution < -0.4 is 5.73 Å². The third-order valence-electron chi connectivity index (χ3n) is 2.14. The van der Waals surface area contributed by atoms with E-state index in [0.717, 1.165) is 6.07 Å². The first kappa shape index (κ1) is 13.6. The second kappa shape index (κ2) is 4.45. The molecule has 1 nitrogen and oxygen atoms in total. The maximum atomic E-state index is 12.8. The van der Waals surface area contributed by atoms with Gasteiger partial charge in [-0.25, -0.2) is 0 Å². The van der Waals surface area contributed by atoms with Gasteiger partial charge in [0.2, 0.25) is 0 Å². The lowest BCUT2D eigenvalue weighted by Gasteiger charge is -2.20. The molecule has 0 spiro atoms. The molecule has 0 radical (unpaired) electrons. The van der Waals surface area contributed by atoms with E-state index in [1.807, 2.05) is 0 Å². The van der Waals surface area contributed by atoms with E-state index in [9.17, 15) is 13.2 Å². The third kappa shape index (κ3) is 2.46. The molecular formula is C10H10BrClF3N. The number of halogens is 5. The molecule has 1 aromatic carbocycles. The smallest absolute Gasteiger partial charge is 0.398 e. The van der Waals surface area contributed by atoms with E-state index in [-0.39, 0.29) is 26.7 Å². The van der Waals surface area contributed by atoms with Crippen molar-refractivity contribution in [1.29, 1.82) is 0 Å². The van der Waals surface area contributed by atoms with Crippen molar-refractivity contribution in [2.24, 2.45) is 0 Å². The molecule has 90 valence electrons. The average Bonchev–Trinajstić information content (AvgIpc) is 2.07. The second-order valence-electron chi connectivity index (χ2n) is 3.70. The van der Waals surface area contributed by atoms with Gasteiger partial charge in [0, 0.05) is 10.2 Å². The van der Waals surface area contributed by atoms with Crippen LogP contribution in [0.4, 0.5) is 18.9 Å². The summed E-state index contributed by atoms with van der Waals surface area (Å²) in [6.07, 6.45) is -4.48. The minimum atomic E-state index is -4.48. The zero-order valence-electron chi connectivity index (χ0n) is 8.62. The molecule has 0 fully saturated rings. The fourth-order valence-corrected chi connectivity index (χ4v) is 2.59. The summed E-state index contributed by atoms with van der Waals surface area (Å²) in [6.45, 7) is 3.32. The Morgan fingerprint density at radius 1 is 1.38 bits per heavy atom. The van der Waals surface area contributed by atoms with Gasteiger partial charge in [0.05, 0.1) is 10.6 Å². The predicted molar refractivity (Wildman–Crippen MR) is 62.7 cm³/mol. The molecule has 0 aliphatic carbocycles. The normalized spacial score (nSPS) is 12.2. The molecule has 1 aromatic rings. The number of nitrogen functional groups attached to an aromatic ring is 1. The second-order valence-corrected chi connectivity index (χ2v) is 4.90. The fourth-order valence-electron chi connectivity index (χ4n) is 1.50. The van der Waals surface area contributed by atoms with E-state index < -0.39 is 11.7 Å². The van der Waals surface area contributed by atoms with Crippen LogP contribution in [0.3, 0.4) is 0 Å².